The molecule has 3 atom stereocenters. The van der Waals surface area contributed by atoms with Crippen LogP contribution in [0.2, 0.25) is 0 Å². The topological polar surface area (TPSA) is 98.8 Å². The van der Waals surface area contributed by atoms with Crippen LogP contribution in [-0.2, 0) is 19.0 Å². The molecule has 1 aliphatic heterocycles. The molecule has 10 heteroatoms. The molecule has 0 N–H and O–H groups in total. The molecule has 38 heavy (non-hydrogen) atoms. The highest BCUT2D eigenvalue weighted by atomic mass is 32.2. The van der Waals surface area contributed by atoms with Crippen LogP contribution in [0, 0.1) is 6.92 Å². The van der Waals surface area contributed by atoms with Gasteiger partial charge in [-0.15, -0.1) is 0 Å². The summed E-state index contributed by atoms with van der Waals surface area (Å²) in [5.41, 5.74) is 2.09. The summed E-state index contributed by atoms with van der Waals surface area (Å²) in [6.45, 7) is 4.00. The maximum absolute atomic E-state index is 13.5. The lowest BCUT2D eigenvalue weighted by Crippen LogP contribution is -2.39. The number of rotatable bonds is 10. The fourth-order valence-corrected chi connectivity index (χ4v) is 5.52. The molecule has 9 nitrogen and oxygen atoms in total. The minimum atomic E-state index is -4.20. The molecule has 0 aromatic heterocycles. The van der Waals surface area contributed by atoms with Crippen molar-refractivity contribution in [2.24, 2.45) is 0 Å². The summed E-state index contributed by atoms with van der Waals surface area (Å²) in [7, 11) is 1.89. The predicted octanol–water partition coefficient (Wildman–Crippen LogP) is 5.01. The van der Waals surface area contributed by atoms with E-state index in [4.69, 9.17) is 32.6 Å². The number of methoxy groups -OCH3 is 4. The van der Waals surface area contributed by atoms with Gasteiger partial charge in [0.05, 0.1) is 33.3 Å². The van der Waals surface area contributed by atoms with Crippen molar-refractivity contribution in [2.45, 2.75) is 37.1 Å². The molecule has 0 bridgehead atoms. The number of ether oxygens (including phenoxy) is 6. The minimum absolute atomic E-state index is 0.0301. The monoisotopic (exact) mass is 544 g/mol. The maximum Gasteiger partial charge on any atom is 0.297 e. The fourth-order valence-electron chi connectivity index (χ4n) is 4.45. The summed E-state index contributed by atoms with van der Waals surface area (Å²) in [5.74, 6) is 2.15. The van der Waals surface area contributed by atoms with Gasteiger partial charge in [0.1, 0.15) is 12.2 Å². The molecular weight excluding hydrogens is 512 g/mol. The van der Waals surface area contributed by atoms with Crippen molar-refractivity contribution in [1.82, 2.24) is 0 Å². The lowest BCUT2D eigenvalue weighted by atomic mass is 9.91. The van der Waals surface area contributed by atoms with Crippen molar-refractivity contribution in [1.29, 1.82) is 0 Å². The van der Waals surface area contributed by atoms with E-state index in [9.17, 15) is 8.42 Å². The van der Waals surface area contributed by atoms with Gasteiger partial charge in [0, 0.05) is 12.2 Å². The Hall–Kier alpha value is -3.47. The van der Waals surface area contributed by atoms with Gasteiger partial charge in [0.2, 0.25) is 5.75 Å². The smallest absolute Gasteiger partial charge is 0.297 e. The highest BCUT2D eigenvalue weighted by Gasteiger charge is 2.45. The number of hydrogen-bond acceptors (Lipinski definition) is 9. The van der Waals surface area contributed by atoms with Gasteiger partial charge in [0.25, 0.3) is 10.1 Å². The molecule has 0 unspecified atom stereocenters. The van der Waals surface area contributed by atoms with Gasteiger partial charge in [-0.25, -0.2) is 0 Å². The molecule has 1 heterocycles. The Morgan fingerprint density at radius 3 is 2.08 bits per heavy atom. The first-order valence-electron chi connectivity index (χ1n) is 12.0. The number of aryl methyl sites for hydroxylation is 1. The van der Waals surface area contributed by atoms with Crippen LogP contribution in [0.25, 0.3) is 0 Å². The van der Waals surface area contributed by atoms with Gasteiger partial charge >= 0.3 is 0 Å². The molecule has 0 radical (unpaired) electrons. The number of fused-ring (bicyclic) bond motifs is 1. The summed E-state index contributed by atoms with van der Waals surface area (Å²) in [6.07, 6.45) is -2.84. The Morgan fingerprint density at radius 1 is 0.816 bits per heavy atom. The zero-order valence-electron chi connectivity index (χ0n) is 22.2. The Kier molecular flexibility index (Phi) is 8.35. The Labute approximate surface area is 223 Å². The second-order valence-corrected chi connectivity index (χ2v) is 10.1. The van der Waals surface area contributed by atoms with Crippen LogP contribution in [0.4, 0.5) is 0 Å². The van der Waals surface area contributed by atoms with Crippen LogP contribution in [-0.4, -0.2) is 49.6 Å². The van der Waals surface area contributed by atoms with Crippen LogP contribution in [0.3, 0.4) is 0 Å². The van der Waals surface area contributed by atoms with Gasteiger partial charge in [-0.05, 0) is 55.8 Å². The zero-order chi connectivity index (χ0) is 27.4. The molecule has 3 aromatic carbocycles. The van der Waals surface area contributed by atoms with Gasteiger partial charge in [-0.1, -0.05) is 23.8 Å². The molecule has 3 aromatic rings. The molecule has 0 fully saturated rings. The SMILES string of the molecule is CCO[C@H]1c2ccc(OC)c(OC)c2O[C@H](c2ccc(OC)c(OC)c2)[C@@H]1OS(=O)(=O)c1ccc(C)cc1. The van der Waals surface area contributed by atoms with E-state index in [1.807, 2.05) is 13.8 Å². The van der Waals surface area contributed by atoms with E-state index >= 15 is 0 Å². The van der Waals surface area contributed by atoms with Crippen molar-refractivity contribution >= 4 is 10.1 Å². The van der Waals surface area contributed by atoms with Crippen molar-refractivity contribution in [3.05, 3.63) is 71.3 Å². The van der Waals surface area contributed by atoms with E-state index in [2.05, 4.69) is 0 Å². The molecule has 4 rings (SSSR count). The van der Waals surface area contributed by atoms with E-state index in [0.29, 0.717) is 46.5 Å². The Bertz CT molecular complexity index is 1370. The van der Waals surface area contributed by atoms with Crippen molar-refractivity contribution < 1.29 is 41.0 Å². The third-order valence-corrected chi connectivity index (χ3v) is 7.63. The van der Waals surface area contributed by atoms with Crippen molar-refractivity contribution in [3.63, 3.8) is 0 Å². The lowest BCUT2D eigenvalue weighted by molar-refractivity contribution is -0.0852. The maximum atomic E-state index is 13.5. The fraction of sp³-hybridized carbons (Fsp3) is 0.357. The Morgan fingerprint density at radius 2 is 1.47 bits per heavy atom. The molecule has 204 valence electrons. The van der Waals surface area contributed by atoms with Gasteiger partial charge in [-0.2, -0.15) is 8.42 Å². The van der Waals surface area contributed by atoms with E-state index in [0.717, 1.165) is 5.56 Å². The predicted molar refractivity (Wildman–Crippen MR) is 140 cm³/mol. The number of hydrogen-bond donors (Lipinski definition) is 0. The highest BCUT2D eigenvalue weighted by Crippen LogP contribution is 2.52. The third-order valence-electron chi connectivity index (χ3n) is 6.31. The zero-order valence-corrected chi connectivity index (χ0v) is 23.0. The van der Waals surface area contributed by atoms with E-state index < -0.39 is 28.4 Å². The summed E-state index contributed by atoms with van der Waals surface area (Å²) < 4.78 is 67.5. The quantitative estimate of drug-likeness (QED) is 0.326. The average Bonchev–Trinajstić information content (AvgIpc) is 2.93. The van der Waals surface area contributed by atoms with Crippen LogP contribution in [0.5, 0.6) is 28.7 Å². The molecule has 0 amide bonds. The van der Waals surface area contributed by atoms with Crippen LogP contribution < -0.4 is 23.7 Å². The molecule has 0 aliphatic carbocycles. The van der Waals surface area contributed by atoms with Crippen molar-refractivity contribution in [3.8, 4) is 28.7 Å². The second kappa shape index (κ2) is 11.5. The lowest BCUT2D eigenvalue weighted by Gasteiger charge is -2.39. The normalized spacial score (nSPS) is 18.7. The second-order valence-electron chi connectivity index (χ2n) is 8.58. The summed E-state index contributed by atoms with van der Waals surface area (Å²) in [4.78, 5) is 0.0301. The van der Waals surface area contributed by atoms with E-state index in [-0.39, 0.29) is 4.90 Å². The largest absolute Gasteiger partial charge is 0.493 e. The Balaban J connectivity index is 1.90. The molecular formula is C28H32O9S. The van der Waals surface area contributed by atoms with E-state index in [1.165, 1.54) is 40.6 Å². The minimum Gasteiger partial charge on any atom is -0.493 e. The molecule has 0 spiro atoms. The van der Waals surface area contributed by atoms with Gasteiger partial charge in [-0.3, -0.25) is 4.18 Å². The van der Waals surface area contributed by atoms with Crippen LogP contribution in [0.15, 0.2) is 59.5 Å². The average molecular weight is 545 g/mol. The highest BCUT2D eigenvalue weighted by molar-refractivity contribution is 7.86. The van der Waals surface area contributed by atoms with Crippen LogP contribution >= 0.6 is 0 Å². The third kappa shape index (κ3) is 5.24. The van der Waals surface area contributed by atoms with Gasteiger partial charge in [0.15, 0.2) is 29.1 Å². The van der Waals surface area contributed by atoms with Crippen molar-refractivity contribution in [2.75, 3.05) is 35.0 Å². The standard InChI is InChI=1S/C28H32O9S/c1-7-35-25-20-13-15-22(32-4)27(34-6)26(20)36-24(18-10-14-21(31-3)23(16-18)33-5)28(25)37-38(29,30)19-11-8-17(2)9-12-19/h8-16,24-25,28H,7H2,1-6H3/t24-,25+,28+/m1/s1. The first-order chi connectivity index (χ1) is 18.3. The number of benzene rings is 3. The summed E-state index contributed by atoms with van der Waals surface area (Å²) in [5, 5.41) is 0. The summed E-state index contributed by atoms with van der Waals surface area (Å²) in [6, 6.07) is 15.1. The first kappa shape index (κ1) is 27.6. The van der Waals surface area contributed by atoms with Gasteiger partial charge < -0.3 is 28.4 Å². The van der Waals surface area contributed by atoms with Crippen LogP contribution in [0.1, 0.15) is 35.8 Å². The van der Waals surface area contributed by atoms with E-state index in [1.54, 1.807) is 42.5 Å². The summed E-state index contributed by atoms with van der Waals surface area (Å²) >= 11 is 0. The molecule has 0 saturated carbocycles. The molecule has 1 aliphatic rings. The molecule has 0 saturated heterocycles. The first-order valence-corrected chi connectivity index (χ1v) is 13.4.